The summed E-state index contributed by atoms with van der Waals surface area (Å²) < 4.78 is 1.64. The summed E-state index contributed by atoms with van der Waals surface area (Å²) in [5, 5.41) is 0. The first-order valence-electron chi connectivity index (χ1n) is 5.00. The van der Waals surface area contributed by atoms with Crippen LogP contribution in [0, 0.1) is 52.4 Å². The second-order valence-corrected chi connectivity index (χ2v) is 5.48. The van der Waals surface area contributed by atoms with Gasteiger partial charge in [-0.05, 0) is 0 Å². The van der Waals surface area contributed by atoms with Crippen molar-refractivity contribution < 1.29 is 47.0 Å². The first-order valence-corrected chi connectivity index (χ1v) is 6.21. The molecule has 0 radical (unpaired) electrons. The van der Waals surface area contributed by atoms with Gasteiger partial charge in [0, 0.05) is 0 Å². The molecule has 1 atom stereocenters. The van der Waals surface area contributed by atoms with Crippen LogP contribution in [0.2, 0.25) is 0 Å². The Morgan fingerprint density at radius 1 is 1.15 bits per heavy atom. The molecule has 0 aromatic carbocycles. The predicted octanol–water partition coefficient (Wildman–Crippen LogP) is 3.97. The van der Waals surface area contributed by atoms with Crippen molar-refractivity contribution in [3.8, 4) is 0 Å². The molecule has 1 aliphatic carbocycles. The Kier molecular flexibility index (Phi) is 4.00. The van der Waals surface area contributed by atoms with Gasteiger partial charge in [0.1, 0.15) is 0 Å². The van der Waals surface area contributed by atoms with Crippen LogP contribution in [0.1, 0.15) is 47.5 Å². The Hall–Kier alpha value is 1.06. The van der Waals surface area contributed by atoms with Crippen LogP contribution in [-0.4, -0.2) is 0 Å². The van der Waals surface area contributed by atoms with E-state index >= 15 is 0 Å². The molecule has 0 aromatic rings. The number of rotatable bonds is 2. The maximum atomic E-state index is 2.40. The van der Waals surface area contributed by atoms with Crippen LogP contribution in [0.4, 0.5) is 0 Å². The van der Waals surface area contributed by atoms with E-state index in [1.165, 1.54) is 18.4 Å². The molecule has 0 fully saturated rings. The first kappa shape index (κ1) is 12.1. The van der Waals surface area contributed by atoms with Crippen LogP contribution in [-0.2, 0) is 0 Å². The zero-order chi connectivity index (χ0) is 10.2. The van der Waals surface area contributed by atoms with Crippen LogP contribution >= 0.6 is 0 Å². The third kappa shape index (κ3) is 1.89. The van der Waals surface area contributed by atoms with Crippen molar-refractivity contribution in [2.45, 2.75) is 47.5 Å². The van der Waals surface area contributed by atoms with Gasteiger partial charge in [0.2, 0.25) is 0 Å². The third-order valence-electron chi connectivity index (χ3n) is 3.52. The van der Waals surface area contributed by atoms with Crippen molar-refractivity contribution in [2.24, 2.45) is 5.41 Å². The maximum absolute atomic E-state index is 2.40. The molecule has 0 nitrogen and oxygen atoms in total. The first-order chi connectivity index (χ1) is 5.95. The van der Waals surface area contributed by atoms with Gasteiger partial charge in [-0.1, -0.05) is 0 Å². The fraction of sp³-hybridized carbons (Fsp3) is 0.667. The molecule has 0 aliphatic heterocycles. The van der Waals surface area contributed by atoms with E-state index in [2.05, 4.69) is 34.6 Å². The van der Waals surface area contributed by atoms with Crippen molar-refractivity contribution in [3.05, 3.63) is 16.7 Å². The molecule has 1 rings (SSSR count). The molecule has 0 saturated carbocycles. The molecule has 1 aliphatic rings. The van der Waals surface area contributed by atoms with Crippen LogP contribution < -0.4 is 0 Å². The Bertz CT molecular complexity index is 257. The van der Waals surface area contributed by atoms with E-state index in [0.717, 1.165) is 0 Å². The minimum atomic E-state index is 0.389. The quantitative estimate of drug-likeness (QED) is 0.723. The van der Waals surface area contributed by atoms with Crippen molar-refractivity contribution in [1.82, 2.24) is 0 Å². The van der Waals surface area contributed by atoms with E-state index in [1.54, 1.807) is 11.1 Å². The minimum absolute atomic E-state index is 0.389. The molecule has 0 aromatic heterocycles. The SMILES string of the molecule is CCCC1(C)C(C)=C(C)C(C)=[C]1[Eu]. The fourth-order valence-electron chi connectivity index (χ4n) is 2.24. The van der Waals surface area contributed by atoms with Crippen molar-refractivity contribution in [3.63, 3.8) is 0 Å². The second-order valence-electron chi connectivity index (χ2n) is 4.27. The van der Waals surface area contributed by atoms with Gasteiger partial charge in [-0.25, -0.2) is 0 Å². The van der Waals surface area contributed by atoms with E-state index in [9.17, 15) is 0 Å². The van der Waals surface area contributed by atoms with Crippen LogP contribution in [0.15, 0.2) is 16.7 Å². The number of hydrogen-bond donors (Lipinski definition) is 0. The van der Waals surface area contributed by atoms with Gasteiger partial charge in [0.25, 0.3) is 0 Å². The van der Waals surface area contributed by atoms with Gasteiger partial charge >= 0.3 is 117 Å². The van der Waals surface area contributed by atoms with Crippen LogP contribution in [0.25, 0.3) is 0 Å². The summed E-state index contributed by atoms with van der Waals surface area (Å²) in [6.45, 7) is 11.5. The second kappa shape index (κ2) is 4.29. The summed E-state index contributed by atoms with van der Waals surface area (Å²) in [6.07, 6.45) is 2.58. The molecule has 0 spiro atoms. The van der Waals surface area contributed by atoms with E-state index in [1.807, 2.05) is 47.0 Å². The summed E-state index contributed by atoms with van der Waals surface area (Å²) >= 11 is 1.87. The fourth-order valence-corrected chi connectivity index (χ4v) is 3.45. The number of allylic oxidation sites excluding steroid dienone is 4. The Labute approximate surface area is 115 Å². The molecular weight excluding hydrogens is 296 g/mol. The molecule has 0 saturated heterocycles. The molecule has 13 heavy (non-hydrogen) atoms. The van der Waals surface area contributed by atoms with Crippen molar-refractivity contribution in [1.29, 1.82) is 0 Å². The van der Waals surface area contributed by atoms with Gasteiger partial charge in [0.15, 0.2) is 0 Å². The standard InChI is InChI=1S/C12H19.Eu/c1-6-7-12(5)8-9(2)10(3)11(12)4;/h6-7H2,1-5H3;. The number of hydrogen-bond acceptors (Lipinski definition) is 0. The predicted molar refractivity (Wildman–Crippen MR) is 54.1 cm³/mol. The monoisotopic (exact) mass is 316 g/mol. The summed E-state index contributed by atoms with van der Waals surface area (Å²) in [7, 11) is 0. The zero-order valence-electron chi connectivity index (χ0n) is 9.29. The molecule has 0 amide bonds. The van der Waals surface area contributed by atoms with Gasteiger partial charge in [0.05, 0.1) is 0 Å². The summed E-state index contributed by atoms with van der Waals surface area (Å²) in [5.41, 5.74) is 5.07. The molecule has 0 heterocycles. The molecule has 1 unspecified atom stereocenters. The molecule has 1 heteroatoms. The van der Waals surface area contributed by atoms with E-state index in [0.29, 0.717) is 5.41 Å². The average molecular weight is 315 g/mol. The van der Waals surface area contributed by atoms with Crippen molar-refractivity contribution >= 4 is 0 Å². The van der Waals surface area contributed by atoms with Gasteiger partial charge in [-0.2, -0.15) is 0 Å². The van der Waals surface area contributed by atoms with E-state index < -0.39 is 0 Å². The van der Waals surface area contributed by atoms with Gasteiger partial charge in [-0.15, -0.1) is 0 Å². The Morgan fingerprint density at radius 2 is 1.69 bits per heavy atom. The molecule has 0 N–H and O–H groups in total. The Morgan fingerprint density at radius 3 is 2.00 bits per heavy atom. The normalized spacial score (nSPS) is 29.1. The van der Waals surface area contributed by atoms with E-state index in [-0.39, 0.29) is 0 Å². The molecule has 74 valence electrons. The summed E-state index contributed by atoms with van der Waals surface area (Å²) in [6, 6.07) is 0. The zero-order valence-corrected chi connectivity index (χ0v) is 11.7. The van der Waals surface area contributed by atoms with Crippen molar-refractivity contribution in [2.75, 3.05) is 0 Å². The summed E-state index contributed by atoms with van der Waals surface area (Å²) in [5.74, 6) is 0. The Balaban J connectivity index is 3.14. The molecule has 0 bridgehead atoms. The average Bonchev–Trinajstić information content (AvgIpc) is 2.23. The van der Waals surface area contributed by atoms with Crippen LogP contribution in [0.5, 0.6) is 0 Å². The topological polar surface area (TPSA) is 0 Å². The third-order valence-corrected chi connectivity index (χ3v) is 5.76. The van der Waals surface area contributed by atoms with Gasteiger partial charge < -0.3 is 0 Å². The van der Waals surface area contributed by atoms with Gasteiger partial charge in [-0.3, -0.25) is 0 Å². The summed E-state index contributed by atoms with van der Waals surface area (Å²) in [4.78, 5) is 0. The molecular formula is C12H19Eu. The van der Waals surface area contributed by atoms with Crippen LogP contribution in [0.3, 0.4) is 0 Å². The van der Waals surface area contributed by atoms with E-state index in [4.69, 9.17) is 0 Å².